The third-order valence-corrected chi connectivity index (χ3v) is 11.1. The number of rotatable bonds is 5. The van der Waals surface area contributed by atoms with Gasteiger partial charge in [-0.1, -0.05) is 103 Å². The van der Waals surface area contributed by atoms with Crippen molar-refractivity contribution in [1.29, 1.82) is 0 Å². The minimum atomic E-state index is 0.564. The molecule has 0 fully saturated rings. The van der Waals surface area contributed by atoms with Crippen molar-refractivity contribution in [2.45, 2.75) is 0 Å². The van der Waals surface area contributed by atoms with Crippen LogP contribution in [-0.2, 0) is 0 Å². The van der Waals surface area contributed by atoms with Crippen LogP contribution in [0.3, 0.4) is 0 Å². The molecule has 12 rings (SSSR count). The Morgan fingerprint density at radius 1 is 0.298 bits per heavy atom. The first-order valence-corrected chi connectivity index (χ1v) is 19.0. The van der Waals surface area contributed by atoms with E-state index in [-0.39, 0.29) is 0 Å². The molecule has 0 aliphatic heterocycles. The van der Waals surface area contributed by atoms with E-state index in [1.165, 1.54) is 21.9 Å². The number of para-hydroxylation sites is 3. The van der Waals surface area contributed by atoms with Crippen LogP contribution in [0.15, 0.2) is 191 Å². The lowest BCUT2D eigenvalue weighted by atomic mass is 10.0. The van der Waals surface area contributed by atoms with Crippen molar-refractivity contribution in [3.05, 3.63) is 182 Å². The zero-order valence-corrected chi connectivity index (χ0v) is 30.4. The van der Waals surface area contributed by atoms with Crippen LogP contribution in [-0.4, -0.2) is 19.5 Å². The van der Waals surface area contributed by atoms with Crippen molar-refractivity contribution in [2.75, 3.05) is 0 Å². The Labute approximate surface area is 325 Å². The number of hydrogen-bond donors (Lipinski definition) is 0. The maximum atomic E-state index is 6.28. The summed E-state index contributed by atoms with van der Waals surface area (Å²) in [4.78, 5) is 15.3. The summed E-state index contributed by atoms with van der Waals surface area (Å²) in [6.45, 7) is 0. The molecular weight excluding hydrogens is 701 g/mol. The molecule has 0 aliphatic rings. The summed E-state index contributed by atoms with van der Waals surface area (Å²) < 4.78 is 14.8. The van der Waals surface area contributed by atoms with Crippen molar-refractivity contribution in [2.24, 2.45) is 0 Å². The summed E-state index contributed by atoms with van der Waals surface area (Å²) in [5, 5.41) is 6.63. The van der Waals surface area contributed by atoms with E-state index in [0.29, 0.717) is 17.5 Å². The summed E-state index contributed by atoms with van der Waals surface area (Å²) in [7, 11) is 0. The average Bonchev–Trinajstić information content (AvgIpc) is 3.95. The first kappa shape index (κ1) is 31.5. The quantitative estimate of drug-likeness (QED) is 0.176. The van der Waals surface area contributed by atoms with Crippen LogP contribution in [0.5, 0.6) is 0 Å². The normalized spacial score (nSPS) is 11.9. The second kappa shape index (κ2) is 12.3. The van der Waals surface area contributed by atoms with Gasteiger partial charge in [-0.15, -0.1) is 0 Å². The molecule has 0 amide bonds. The Balaban J connectivity index is 1.01. The molecule has 0 N–H and O–H groups in total. The lowest BCUT2D eigenvalue weighted by molar-refractivity contribution is 0.668. The molecule has 0 unspecified atom stereocenters. The second-order valence-electron chi connectivity index (χ2n) is 14.4. The number of hydrogen-bond acceptors (Lipinski definition) is 5. The van der Waals surface area contributed by atoms with Gasteiger partial charge in [-0.2, -0.15) is 0 Å². The number of fused-ring (bicyclic) bond motifs is 9. The lowest BCUT2D eigenvalue weighted by Gasteiger charge is -2.11. The molecule has 12 aromatic rings. The summed E-state index contributed by atoms with van der Waals surface area (Å²) >= 11 is 0. The molecule has 0 aliphatic carbocycles. The Bertz CT molecular complexity index is 3520. The van der Waals surface area contributed by atoms with E-state index in [1.54, 1.807) is 0 Å². The van der Waals surface area contributed by atoms with E-state index in [9.17, 15) is 0 Å². The van der Waals surface area contributed by atoms with E-state index in [0.717, 1.165) is 77.3 Å². The predicted octanol–water partition coefficient (Wildman–Crippen LogP) is 13.4. The van der Waals surface area contributed by atoms with Crippen LogP contribution >= 0.6 is 0 Å². The molecule has 57 heavy (non-hydrogen) atoms. The van der Waals surface area contributed by atoms with Gasteiger partial charge in [-0.25, -0.2) is 15.0 Å². The summed E-state index contributed by atoms with van der Waals surface area (Å²) in [6.07, 6.45) is 0. The molecule has 0 bridgehead atoms. The number of furan rings is 2. The van der Waals surface area contributed by atoms with E-state index in [2.05, 4.69) is 132 Å². The highest BCUT2D eigenvalue weighted by Crippen LogP contribution is 2.37. The third-order valence-electron chi connectivity index (χ3n) is 11.1. The van der Waals surface area contributed by atoms with Crippen molar-refractivity contribution < 1.29 is 8.83 Å². The monoisotopic (exact) mass is 730 g/mol. The largest absolute Gasteiger partial charge is 0.456 e. The molecule has 0 spiro atoms. The summed E-state index contributed by atoms with van der Waals surface area (Å²) in [6, 6.07) is 62.9. The molecule has 0 saturated carbocycles. The Hall–Kier alpha value is -7.83. The van der Waals surface area contributed by atoms with E-state index in [1.807, 2.05) is 54.6 Å². The fraction of sp³-hybridized carbons (Fsp3) is 0. The van der Waals surface area contributed by atoms with Crippen molar-refractivity contribution in [3.8, 4) is 51.0 Å². The average molecular weight is 731 g/mol. The van der Waals surface area contributed by atoms with Crippen LogP contribution in [0.25, 0.3) is 117 Å². The lowest BCUT2D eigenvalue weighted by Crippen LogP contribution is -2.00. The number of benzene rings is 8. The van der Waals surface area contributed by atoms with Crippen LogP contribution in [0, 0.1) is 0 Å². The van der Waals surface area contributed by atoms with Crippen molar-refractivity contribution in [1.82, 2.24) is 19.5 Å². The van der Waals surface area contributed by atoms with Crippen LogP contribution in [0.4, 0.5) is 0 Å². The highest BCUT2D eigenvalue weighted by Gasteiger charge is 2.18. The molecule has 6 nitrogen and oxygen atoms in total. The second-order valence-corrected chi connectivity index (χ2v) is 14.4. The molecular formula is C51H30N4O2. The Morgan fingerprint density at radius 2 is 0.807 bits per heavy atom. The molecule has 4 aromatic heterocycles. The fourth-order valence-electron chi connectivity index (χ4n) is 8.31. The molecule has 0 atom stereocenters. The van der Waals surface area contributed by atoms with Gasteiger partial charge >= 0.3 is 0 Å². The number of aromatic nitrogens is 4. The van der Waals surface area contributed by atoms with Crippen molar-refractivity contribution in [3.63, 3.8) is 0 Å². The maximum absolute atomic E-state index is 6.28. The summed E-state index contributed by atoms with van der Waals surface area (Å²) in [5.74, 6) is 1.72. The minimum absolute atomic E-state index is 0.564. The van der Waals surface area contributed by atoms with Gasteiger partial charge in [0.1, 0.15) is 22.3 Å². The van der Waals surface area contributed by atoms with Gasteiger partial charge < -0.3 is 13.4 Å². The van der Waals surface area contributed by atoms with Gasteiger partial charge in [0.25, 0.3) is 0 Å². The van der Waals surface area contributed by atoms with Gasteiger partial charge in [0.2, 0.25) is 0 Å². The van der Waals surface area contributed by atoms with E-state index < -0.39 is 0 Å². The Kier molecular flexibility index (Phi) is 6.83. The first-order chi connectivity index (χ1) is 28.2. The molecule has 0 saturated heterocycles. The standard InChI is InChI=1S/C51H30N4O2/c1-2-10-31(11-3-1)33-20-25-38-37-12-4-7-15-43(37)55(44(38)29-33)36-23-18-32(19-24-36)49-52-50(34-22-27-47-42(28-34)40-14-6-9-17-46(40)56-47)54-51(53-49)35-21-26-41-39-13-5-8-16-45(39)57-48(41)30-35/h1-30H. The smallest absolute Gasteiger partial charge is 0.164 e. The van der Waals surface area contributed by atoms with E-state index in [4.69, 9.17) is 23.8 Å². The van der Waals surface area contributed by atoms with Crippen molar-refractivity contribution >= 4 is 65.7 Å². The molecule has 6 heteroatoms. The number of nitrogens with zero attached hydrogens (tertiary/aromatic N) is 4. The van der Waals surface area contributed by atoms with Gasteiger partial charge in [0.05, 0.1) is 11.0 Å². The molecule has 4 heterocycles. The van der Waals surface area contributed by atoms with Crippen LogP contribution in [0.2, 0.25) is 0 Å². The Morgan fingerprint density at radius 3 is 1.58 bits per heavy atom. The fourth-order valence-corrected chi connectivity index (χ4v) is 8.31. The highest BCUT2D eigenvalue weighted by atomic mass is 16.3. The first-order valence-electron chi connectivity index (χ1n) is 19.0. The van der Waals surface area contributed by atoms with Gasteiger partial charge in [0, 0.05) is 54.7 Å². The predicted molar refractivity (Wildman–Crippen MR) is 230 cm³/mol. The molecule has 8 aromatic carbocycles. The SMILES string of the molecule is c1ccc(-c2ccc3c4ccccc4n(-c4ccc(-c5nc(-c6ccc7c(c6)oc6ccccc67)nc(-c6ccc7oc8ccccc8c7c6)n5)cc4)c3c2)cc1. The highest BCUT2D eigenvalue weighted by molar-refractivity contribution is 6.10. The maximum Gasteiger partial charge on any atom is 0.164 e. The topological polar surface area (TPSA) is 69.9 Å². The third kappa shape index (κ3) is 5.08. The van der Waals surface area contributed by atoms with Crippen LogP contribution < -0.4 is 0 Å². The minimum Gasteiger partial charge on any atom is -0.456 e. The molecule has 266 valence electrons. The van der Waals surface area contributed by atoms with Gasteiger partial charge in [-0.05, 0) is 90.0 Å². The van der Waals surface area contributed by atoms with Gasteiger partial charge in [-0.3, -0.25) is 0 Å². The van der Waals surface area contributed by atoms with Crippen LogP contribution in [0.1, 0.15) is 0 Å². The zero-order valence-electron chi connectivity index (χ0n) is 30.4. The molecule has 0 radical (unpaired) electrons. The zero-order chi connectivity index (χ0) is 37.5. The van der Waals surface area contributed by atoms with Gasteiger partial charge in [0.15, 0.2) is 17.5 Å². The van der Waals surface area contributed by atoms with E-state index >= 15 is 0 Å². The summed E-state index contributed by atoms with van der Waals surface area (Å²) in [5.41, 5.74) is 11.6.